The van der Waals surface area contributed by atoms with E-state index >= 15 is 0 Å². The molecule has 2 aromatic carbocycles. The predicted molar refractivity (Wildman–Crippen MR) is 110 cm³/mol. The fourth-order valence-corrected chi connectivity index (χ4v) is 3.50. The molecule has 1 aliphatic rings. The molecule has 0 bridgehead atoms. The van der Waals surface area contributed by atoms with E-state index < -0.39 is 6.10 Å². The molecule has 7 nitrogen and oxygen atoms in total. The fraction of sp³-hybridized carbons (Fsp3) is 0.273. The summed E-state index contributed by atoms with van der Waals surface area (Å²) < 4.78 is 11.6. The van der Waals surface area contributed by atoms with Crippen molar-refractivity contribution in [3.63, 3.8) is 0 Å². The molecule has 0 spiro atoms. The Bertz CT molecular complexity index is 1010. The maximum Gasteiger partial charge on any atom is 0.262 e. The molecule has 29 heavy (non-hydrogen) atoms. The second-order valence-electron chi connectivity index (χ2n) is 7.04. The molecule has 0 aliphatic carbocycles. The molecule has 150 valence electrons. The first-order chi connectivity index (χ1) is 14.0. The zero-order valence-corrected chi connectivity index (χ0v) is 16.3. The van der Waals surface area contributed by atoms with Gasteiger partial charge in [-0.15, -0.1) is 0 Å². The first kappa shape index (κ1) is 18.9. The number of furan rings is 1. The van der Waals surface area contributed by atoms with E-state index in [0.717, 1.165) is 16.7 Å². The summed E-state index contributed by atoms with van der Waals surface area (Å²) in [6.45, 7) is 2.29. The molecule has 0 unspecified atom stereocenters. The van der Waals surface area contributed by atoms with Gasteiger partial charge in [0, 0.05) is 12.4 Å². The SMILES string of the molecule is CNC(=O)[C@H]1CN(CC(=O)N[C@@H](C)c2cc3ccccc3o2)c2ccccc2O1. The molecule has 2 heterocycles. The Kier molecular flexibility index (Phi) is 5.12. The lowest BCUT2D eigenvalue weighted by Gasteiger charge is -2.35. The maximum atomic E-state index is 12.7. The van der Waals surface area contributed by atoms with Gasteiger partial charge in [0.05, 0.1) is 24.8 Å². The van der Waals surface area contributed by atoms with E-state index in [-0.39, 0.29) is 24.4 Å². The van der Waals surface area contributed by atoms with Gasteiger partial charge in [-0.1, -0.05) is 30.3 Å². The van der Waals surface area contributed by atoms with Crippen molar-refractivity contribution in [3.8, 4) is 5.75 Å². The topological polar surface area (TPSA) is 83.8 Å². The van der Waals surface area contributed by atoms with Crippen molar-refractivity contribution in [3.05, 3.63) is 60.4 Å². The van der Waals surface area contributed by atoms with E-state index in [9.17, 15) is 9.59 Å². The van der Waals surface area contributed by atoms with Crippen molar-refractivity contribution in [2.45, 2.75) is 19.1 Å². The van der Waals surface area contributed by atoms with Crippen LogP contribution in [0.2, 0.25) is 0 Å². The first-order valence-corrected chi connectivity index (χ1v) is 9.55. The molecule has 2 N–H and O–H groups in total. The Morgan fingerprint density at radius 2 is 1.93 bits per heavy atom. The van der Waals surface area contributed by atoms with Gasteiger partial charge < -0.3 is 24.7 Å². The molecule has 3 aromatic rings. The second-order valence-corrected chi connectivity index (χ2v) is 7.04. The number of ether oxygens (including phenoxy) is 1. The highest BCUT2D eigenvalue weighted by molar-refractivity contribution is 5.86. The van der Waals surface area contributed by atoms with Crippen LogP contribution in [0.1, 0.15) is 18.7 Å². The zero-order chi connectivity index (χ0) is 20.4. The highest BCUT2D eigenvalue weighted by Gasteiger charge is 2.31. The lowest BCUT2D eigenvalue weighted by molar-refractivity contribution is -0.127. The minimum atomic E-state index is -0.671. The Hall–Kier alpha value is -3.48. The van der Waals surface area contributed by atoms with Gasteiger partial charge in [0.25, 0.3) is 5.91 Å². The van der Waals surface area contributed by atoms with Gasteiger partial charge in [-0.2, -0.15) is 0 Å². The predicted octanol–water partition coefficient (Wildman–Crippen LogP) is 2.62. The summed E-state index contributed by atoms with van der Waals surface area (Å²) in [5.41, 5.74) is 1.58. The number of hydrogen-bond acceptors (Lipinski definition) is 5. The van der Waals surface area contributed by atoms with Crippen LogP contribution < -0.4 is 20.3 Å². The quantitative estimate of drug-likeness (QED) is 0.696. The molecule has 0 radical (unpaired) electrons. The molecule has 0 saturated carbocycles. The number of benzene rings is 2. The van der Waals surface area contributed by atoms with E-state index in [1.165, 1.54) is 0 Å². The molecule has 2 atom stereocenters. The Balaban J connectivity index is 1.47. The number of fused-ring (bicyclic) bond motifs is 2. The summed E-state index contributed by atoms with van der Waals surface area (Å²) in [6.07, 6.45) is -0.671. The third-order valence-electron chi connectivity index (χ3n) is 4.98. The van der Waals surface area contributed by atoms with Crippen LogP contribution in [0.25, 0.3) is 11.0 Å². The molecule has 1 aliphatic heterocycles. The van der Waals surface area contributed by atoms with Crippen LogP contribution in [-0.2, 0) is 9.59 Å². The molecule has 0 saturated heterocycles. The minimum absolute atomic E-state index is 0.110. The van der Waals surface area contributed by atoms with Crippen LogP contribution in [0, 0.1) is 0 Å². The zero-order valence-electron chi connectivity index (χ0n) is 16.3. The Morgan fingerprint density at radius 1 is 1.17 bits per heavy atom. The van der Waals surface area contributed by atoms with Crippen LogP contribution in [0.3, 0.4) is 0 Å². The molecular weight excluding hydrogens is 370 g/mol. The second kappa shape index (κ2) is 7.87. The summed E-state index contributed by atoms with van der Waals surface area (Å²) in [6, 6.07) is 16.8. The van der Waals surface area contributed by atoms with Crippen LogP contribution in [0.5, 0.6) is 5.75 Å². The molecule has 2 amide bonds. The number of carbonyl (C=O) groups is 2. The van der Waals surface area contributed by atoms with Gasteiger partial charge in [-0.3, -0.25) is 9.59 Å². The van der Waals surface area contributed by atoms with E-state index in [1.54, 1.807) is 13.1 Å². The third-order valence-corrected chi connectivity index (χ3v) is 4.98. The number of likely N-dealkylation sites (N-methyl/N-ethyl adjacent to an activating group) is 1. The number of hydrogen-bond donors (Lipinski definition) is 2. The molecule has 7 heteroatoms. The lowest BCUT2D eigenvalue weighted by Crippen LogP contribution is -2.50. The van der Waals surface area contributed by atoms with Gasteiger partial charge in [-0.25, -0.2) is 0 Å². The van der Waals surface area contributed by atoms with Gasteiger partial charge in [-0.05, 0) is 31.2 Å². The normalized spacial score (nSPS) is 16.6. The van der Waals surface area contributed by atoms with Crippen LogP contribution in [0.15, 0.2) is 59.0 Å². The first-order valence-electron chi connectivity index (χ1n) is 9.55. The van der Waals surface area contributed by atoms with Gasteiger partial charge in [0.15, 0.2) is 6.10 Å². The average molecular weight is 393 g/mol. The smallest absolute Gasteiger partial charge is 0.262 e. The summed E-state index contributed by atoms with van der Waals surface area (Å²) in [7, 11) is 1.57. The largest absolute Gasteiger partial charge is 0.477 e. The number of anilines is 1. The molecule has 4 rings (SSSR count). The number of carbonyl (C=O) groups excluding carboxylic acids is 2. The average Bonchev–Trinajstić information content (AvgIpc) is 3.17. The van der Waals surface area contributed by atoms with Gasteiger partial charge in [0.2, 0.25) is 5.91 Å². The fourth-order valence-electron chi connectivity index (χ4n) is 3.50. The van der Waals surface area contributed by atoms with Crippen LogP contribution in [-0.4, -0.2) is 38.1 Å². The van der Waals surface area contributed by atoms with Gasteiger partial charge in [0.1, 0.15) is 17.1 Å². The van der Waals surface area contributed by atoms with E-state index in [1.807, 2.05) is 60.4 Å². The van der Waals surface area contributed by atoms with Crippen molar-refractivity contribution in [2.75, 3.05) is 25.0 Å². The summed E-state index contributed by atoms with van der Waals surface area (Å²) in [4.78, 5) is 26.7. The van der Waals surface area contributed by atoms with Crippen molar-refractivity contribution in [2.24, 2.45) is 0 Å². The van der Waals surface area contributed by atoms with Crippen LogP contribution >= 0.6 is 0 Å². The number of rotatable bonds is 5. The Labute approximate surface area is 168 Å². The monoisotopic (exact) mass is 393 g/mol. The van der Waals surface area contributed by atoms with E-state index in [4.69, 9.17) is 9.15 Å². The highest BCUT2D eigenvalue weighted by atomic mass is 16.5. The standard InChI is InChI=1S/C22H23N3O4/c1-14(19-11-15-7-3-5-9-17(15)28-19)24-21(26)13-25-12-20(22(27)23-2)29-18-10-6-4-8-16(18)25/h3-11,14,20H,12-13H2,1-2H3,(H,23,27)(H,24,26)/t14-,20+/m0/s1. The van der Waals surface area contributed by atoms with Crippen molar-refractivity contribution >= 4 is 28.5 Å². The van der Waals surface area contributed by atoms with Crippen molar-refractivity contribution < 1.29 is 18.7 Å². The summed E-state index contributed by atoms with van der Waals surface area (Å²) in [5, 5.41) is 6.58. The van der Waals surface area contributed by atoms with Crippen molar-refractivity contribution in [1.82, 2.24) is 10.6 Å². The Morgan fingerprint density at radius 3 is 2.72 bits per heavy atom. The number of nitrogens with one attached hydrogen (secondary N) is 2. The molecule has 0 fully saturated rings. The van der Waals surface area contributed by atoms with Gasteiger partial charge >= 0.3 is 0 Å². The summed E-state index contributed by atoms with van der Waals surface area (Å²) in [5.74, 6) is 0.904. The van der Waals surface area contributed by atoms with E-state index in [2.05, 4.69) is 10.6 Å². The highest BCUT2D eigenvalue weighted by Crippen LogP contribution is 2.33. The maximum absolute atomic E-state index is 12.7. The number of amides is 2. The van der Waals surface area contributed by atoms with Crippen LogP contribution in [0.4, 0.5) is 5.69 Å². The third kappa shape index (κ3) is 3.89. The molecular formula is C22H23N3O4. The number of nitrogens with zero attached hydrogens (tertiary/aromatic N) is 1. The van der Waals surface area contributed by atoms with Crippen molar-refractivity contribution in [1.29, 1.82) is 0 Å². The minimum Gasteiger partial charge on any atom is -0.477 e. The van der Waals surface area contributed by atoms with E-state index in [0.29, 0.717) is 18.1 Å². The summed E-state index contributed by atoms with van der Waals surface area (Å²) >= 11 is 0. The lowest BCUT2D eigenvalue weighted by atomic mass is 10.1. The molecule has 1 aromatic heterocycles. The number of para-hydroxylation sites is 3.